The van der Waals surface area contributed by atoms with Crippen molar-refractivity contribution in [1.29, 1.82) is 0 Å². The molecule has 0 aliphatic heterocycles. The molecule has 24 heavy (non-hydrogen) atoms. The molecule has 0 spiro atoms. The molecule has 4 atom stereocenters. The van der Waals surface area contributed by atoms with E-state index in [-0.39, 0.29) is 30.5 Å². The van der Waals surface area contributed by atoms with Crippen LogP contribution in [-0.2, 0) is 6.42 Å². The molecule has 2 saturated carbocycles. The van der Waals surface area contributed by atoms with Gasteiger partial charge in [0, 0.05) is 37.5 Å². The second-order valence-electron chi connectivity index (χ2n) is 7.41. The predicted molar refractivity (Wildman–Crippen MR) is 88.4 cm³/mol. The summed E-state index contributed by atoms with van der Waals surface area (Å²) in [5.74, 6) is 2.94. The minimum Gasteiger partial charge on any atom is -0.396 e. The molecule has 2 aliphatic rings. The fraction of sp³-hybridized carbons (Fsp3) is 0.824. The first-order valence-corrected chi connectivity index (χ1v) is 9.06. The lowest BCUT2D eigenvalue weighted by atomic mass is 9.85. The third-order valence-corrected chi connectivity index (χ3v) is 5.45. The molecule has 3 N–H and O–H groups in total. The number of carbonyl (C=O) groups is 1. The van der Waals surface area contributed by atoms with Crippen LogP contribution in [0.25, 0.3) is 0 Å². The van der Waals surface area contributed by atoms with E-state index in [4.69, 9.17) is 4.52 Å². The van der Waals surface area contributed by atoms with Crippen LogP contribution < -0.4 is 10.6 Å². The number of fused-ring (bicyclic) bond motifs is 2. The molecule has 1 aromatic heterocycles. The van der Waals surface area contributed by atoms with Crippen molar-refractivity contribution >= 4 is 6.03 Å². The summed E-state index contributed by atoms with van der Waals surface area (Å²) in [6.45, 7) is 4.78. The Bertz CT molecular complexity index is 560. The van der Waals surface area contributed by atoms with Gasteiger partial charge in [-0.1, -0.05) is 19.0 Å². The molecule has 1 heterocycles. The Hall–Kier alpha value is -1.63. The van der Waals surface area contributed by atoms with E-state index < -0.39 is 0 Å². The van der Waals surface area contributed by atoms with E-state index in [1.165, 1.54) is 12.8 Å². The summed E-state index contributed by atoms with van der Waals surface area (Å²) in [6.07, 6.45) is 4.92. The van der Waals surface area contributed by atoms with Crippen LogP contribution in [0.2, 0.25) is 0 Å². The number of hydrogen-bond donors (Lipinski definition) is 3. The Morgan fingerprint density at radius 3 is 2.88 bits per heavy atom. The van der Waals surface area contributed by atoms with Gasteiger partial charge in [0.05, 0.1) is 0 Å². The van der Waals surface area contributed by atoms with Gasteiger partial charge >= 0.3 is 6.03 Å². The molecule has 7 heteroatoms. The zero-order valence-electron chi connectivity index (χ0n) is 14.5. The van der Waals surface area contributed by atoms with Crippen molar-refractivity contribution in [1.82, 2.24) is 20.8 Å². The molecule has 0 aromatic carbocycles. The maximum Gasteiger partial charge on any atom is 0.315 e. The summed E-state index contributed by atoms with van der Waals surface area (Å²) in [5, 5.41) is 19.4. The van der Waals surface area contributed by atoms with Gasteiger partial charge in [-0.15, -0.1) is 0 Å². The van der Waals surface area contributed by atoms with Crippen molar-refractivity contribution < 1.29 is 14.4 Å². The van der Waals surface area contributed by atoms with Crippen LogP contribution in [0, 0.1) is 17.8 Å². The van der Waals surface area contributed by atoms with Crippen LogP contribution in [0.1, 0.15) is 57.2 Å². The highest BCUT2D eigenvalue weighted by Crippen LogP contribution is 2.48. The first-order chi connectivity index (χ1) is 11.6. The van der Waals surface area contributed by atoms with Crippen LogP contribution >= 0.6 is 0 Å². The van der Waals surface area contributed by atoms with E-state index in [1.54, 1.807) is 0 Å². The fourth-order valence-corrected chi connectivity index (χ4v) is 4.15. The molecular formula is C17H28N4O3. The summed E-state index contributed by atoms with van der Waals surface area (Å²) >= 11 is 0. The zero-order chi connectivity index (χ0) is 17.1. The van der Waals surface area contributed by atoms with Gasteiger partial charge in [0.15, 0.2) is 5.82 Å². The van der Waals surface area contributed by atoms with Gasteiger partial charge in [0.2, 0.25) is 5.89 Å². The molecule has 2 bridgehead atoms. The lowest BCUT2D eigenvalue weighted by Crippen LogP contribution is -2.49. The number of urea groups is 1. The van der Waals surface area contributed by atoms with Crippen LogP contribution in [-0.4, -0.2) is 40.5 Å². The number of hydrogen-bond acceptors (Lipinski definition) is 5. The average molecular weight is 336 g/mol. The molecule has 1 aromatic rings. The van der Waals surface area contributed by atoms with Crippen molar-refractivity contribution in [2.45, 2.75) is 57.9 Å². The molecule has 2 aliphatic carbocycles. The highest BCUT2D eigenvalue weighted by molar-refractivity contribution is 5.74. The SMILES string of the molecule is CC(C)c1noc(CCCNC(=O)NC2C3CCC(C3)C2CO)n1. The largest absolute Gasteiger partial charge is 0.396 e. The molecule has 3 rings (SSSR count). The number of rotatable bonds is 7. The van der Waals surface area contributed by atoms with E-state index in [0.29, 0.717) is 30.7 Å². The number of aryl methyl sites for hydroxylation is 1. The van der Waals surface area contributed by atoms with Crippen molar-refractivity contribution in [3.63, 3.8) is 0 Å². The quantitative estimate of drug-likeness (QED) is 0.660. The summed E-state index contributed by atoms with van der Waals surface area (Å²) in [4.78, 5) is 16.4. The highest BCUT2D eigenvalue weighted by atomic mass is 16.5. The van der Waals surface area contributed by atoms with E-state index in [9.17, 15) is 9.90 Å². The van der Waals surface area contributed by atoms with Crippen molar-refractivity contribution in [2.24, 2.45) is 17.8 Å². The van der Waals surface area contributed by atoms with Gasteiger partial charge in [-0.2, -0.15) is 4.98 Å². The number of amides is 2. The molecule has 4 unspecified atom stereocenters. The second-order valence-corrected chi connectivity index (χ2v) is 7.41. The van der Waals surface area contributed by atoms with Gasteiger partial charge in [-0.25, -0.2) is 4.79 Å². The monoisotopic (exact) mass is 336 g/mol. The predicted octanol–water partition coefficient (Wildman–Crippen LogP) is 1.83. The smallest absolute Gasteiger partial charge is 0.315 e. The van der Waals surface area contributed by atoms with E-state index in [2.05, 4.69) is 20.8 Å². The van der Waals surface area contributed by atoms with Crippen molar-refractivity contribution in [2.75, 3.05) is 13.2 Å². The number of aliphatic hydroxyl groups excluding tert-OH is 1. The average Bonchev–Trinajstić information content (AvgIpc) is 3.27. The standard InChI is InChI=1S/C17H28N4O3/c1-10(2)16-19-14(24-21-16)4-3-7-18-17(23)20-15-12-6-5-11(8-12)13(15)9-22/h10-13,15,22H,3-9H2,1-2H3,(H2,18,20,23). The maximum atomic E-state index is 12.1. The Labute approximate surface area is 142 Å². The lowest BCUT2D eigenvalue weighted by molar-refractivity contribution is 0.144. The maximum absolute atomic E-state index is 12.1. The third-order valence-electron chi connectivity index (χ3n) is 5.45. The van der Waals surface area contributed by atoms with Gasteiger partial charge in [0.25, 0.3) is 0 Å². The summed E-state index contributed by atoms with van der Waals surface area (Å²) in [5.41, 5.74) is 0. The summed E-state index contributed by atoms with van der Waals surface area (Å²) < 4.78 is 5.19. The van der Waals surface area contributed by atoms with Crippen LogP contribution in [0.4, 0.5) is 4.79 Å². The second kappa shape index (κ2) is 7.51. The Morgan fingerprint density at radius 1 is 1.38 bits per heavy atom. The van der Waals surface area contributed by atoms with Crippen molar-refractivity contribution in [3.05, 3.63) is 11.7 Å². The minimum absolute atomic E-state index is 0.123. The fourth-order valence-electron chi connectivity index (χ4n) is 4.15. The van der Waals surface area contributed by atoms with E-state index >= 15 is 0 Å². The number of aromatic nitrogens is 2. The number of aliphatic hydroxyl groups is 1. The van der Waals surface area contributed by atoms with Gasteiger partial charge in [-0.3, -0.25) is 0 Å². The number of carbonyl (C=O) groups excluding carboxylic acids is 1. The molecule has 134 valence electrons. The topological polar surface area (TPSA) is 100 Å². The van der Waals surface area contributed by atoms with E-state index in [1.807, 2.05) is 13.8 Å². The van der Waals surface area contributed by atoms with Crippen LogP contribution in [0.15, 0.2) is 4.52 Å². The Balaban J connectivity index is 1.37. The summed E-state index contributed by atoms with van der Waals surface area (Å²) in [7, 11) is 0. The Kier molecular flexibility index (Phi) is 5.38. The van der Waals surface area contributed by atoms with Gasteiger partial charge < -0.3 is 20.3 Å². The lowest BCUT2D eigenvalue weighted by Gasteiger charge is -2.30. The zero-order valence-corrected chi connectivity index (χ0v) is 14.5. The Morgan fingerprint density at radius 2 is 2.17 bits per heavy atom. The molecular weight excluding hydrogens is 308 g/mol. The number of nitrogens with one attached hydrogen (secondary N) is 2. The normalized spacial score (nSPS) is 28.5. The third kappa shape index (κ3) is 3.71. The molecule has 0 radical (unpaired) electrons. The first-order valence-electron chi connectivity index (χ1n) is 9.06. The highest BCUT2D eigenvalue weighted by Gasteiger charge is 2.47. The summed E-state index contributed by atoms with van der Waals surface area (Å²) in [6, 6.07) is -0.0160. The molecule has 2 amide bonds. The van der Waals surface area contributed by atoms with Gasteiger partial charge in [0.1, 0.15) is 0 Å². The minimum atomic E-state index is -0.139. The van der Waals surface area contributed by atoms with Gasteiger partial charge in [-0.05, 0) is 37.5 Å². The molecule has 7 nitrogen and oxygen atoms in total. The molecule has 0 saturated heterocycles. The number of nitrogens with zero attached hydrogens (tertiary/aromatic N) is 2. The molecule has 2 fully saturated rings. The van der Waals surface area contributed by atoms with E-state index in [0.717, 1.165) is 18.7 Å². The first kappa shape index (κ1) is 17.2. The van der Waals surface area contributed by atoms with Crippen LogP contribution in [0.3, 0.4) is 0 Å². The van der Waals surface area contributed by atoms with Crippen molar-refractivity contribution in [3.8, 4) is 0 Å². The van der Waals surface area contributed by atoms with Crippen LogP contribution in [0.5, 0.6) is 0 Å².